The first-order valence-electron chi connectivity index (χ1n) is 8.20. The summed E-state index contributed by atoms with van der Waals surface area (Å²) in [7, 11) is 0. The molecule has 1 aromatic heterocycles. The molecule has 0 bridgehead atoms. The van der Waals surface area contributed by atoms with Crippen LogP contribution in [0.2, 0.25) is 0 Å². The van der Waals surface area contributed by atoms with Crippen molar-refractivity contribution in [1.29, 1.82) is 0 Å². The highest BCUT2D eigenvalue weighted by molar-refractivity contribution is 5.92. The van der Waals surface area contributed by atoms with Crippen LogP contribution in [0.1, 0.15) is 48.1 Å². The number of carbonyl (C=O) groups excluding carboxylic acids is 1. The van der Waals surface area contributed by atoms with Crippen LogP contribution in [0.15, 0.2) is 34.9 Å². The first kappa shape index (κ1) is 18.7. The molecule has 0 aliphatic rings. The second-order valence-corrected chi connectivity index (χ2v) is 7.26. The quantitative estimate of drug-likeness (QED) is 0.840. The van der Waals surface area contributed by atoms with Crippen molar-refractivity contribution in [2.45, 2.75) is 39.5 Å². The monoisotopic (exact) mass is 344 g/mol. The summed E-state index contributed by atoms with van der Waals surface area (Å²) in [5, 5.41) is 15.8. The van der Waals surface area contributed by atoms with E-state index in [0.29, 0.717) is 12.2 Å². The van der Waals surface area contributed by atoms with Crippen LogP contribution in [0.4, 0.5) is 0 Å². The molecule has 2 N–H and O–H groups in total. The van der Waals surface area contributed by atoms with E-state index in [1.165, 1.54) is 0 Å². The summed E-state index contributed by atoms with van der Waals surface area (Å²) in [5.74, 6) is -1.49. The molecule has 0 fully saturated rings. The van der Waals surface area contributed by atoms with Crippen molar-refractivity contribution in [1.82, 2.24) is 10.5 Å². The number of carboxylic acid groups (broad SMARTS) is 1. The lowest BCUT2D eigenvalue weighted by Gasteiger charge is -2.13. The molecule has 6 nitrogen and oxygen atoms in total. The second-order valence-electron chi connectivity index (χ2n) is 7.26. The maximum atomic E-state index is 12.2. The van der Waals surface area contributed by atoms with E-state index in [2.05, 4.69) is 10.5 Å². The zero-order valence-corrected chi connectivity index (χ0v) is 15.0. The number of hydrogen-bond donors (Lipinski definition) is 2. The molecule has 134 valence electrons. The molecule has 1 atom stereocenters. The average Bonchev–Trinajstić information content (AvgIpc) is 3.01. The van der Waals surface area contributed by atoms with Crippen molar-refractivity contribution >= 4 is 11.9 Å². The van der Waals surface area contributed by atoms with Gasteiger partial charge in [0.05, 0.1) is 5.92 Å². The first-order valence-corrected chi connectivity index (χ1v) is 8.20. The fourth-order valence-corrected chi connectivity index (χ4v) is 2.41. The van der Waals surface area contributed by atoms with Gasteiger partial charge in [0.2, 0.25) is 0 Å². The highest BCUT2D eigenvalue weighted by atomic mass is 16.5. The van der Waals surface area contributed by atoms with E-state index in [1.54, 1.807) is 6.07 Å². The molecule has 1 heterocycles. The van der Waals surface area contributed by atoms with Gasteiger partial charge in [0.1, 0.15) is 5.76 Å². The van der Waals surface area contributed by atoms with E-state index in [4.69, 9.17) is 4.52 Å². The molecule has 2 aromatic rings. The largest absolute Gasteiger partial charge is 0.481 e. The molecule has 1 amide bonds. The molecular weight excluding hydrogens is 320 g/mol. The van der Waals surface area contributed by atoms with E-state index in [-0.39, 0.29) is 17.7 Å². The fraction of sp³-hybridized carbons (Fsp3) is 0.421. The number of aliphatic carboxylic acids is 1. The molecule has 0 aliphatic carbocycles. The number of rotatable bonds is 6. The Labute approximate surface area is 147 Å². The van der Waals surface area contributed by atoms with Gasteiger partial charge in [0.15, 0.2) is 5.69 Å². The summed E-state index contributed by atoms with van der Waals surface area (Å²) in [4.78, 5) is 23.7. The predicted octanol–water partition coefficient (Wildman–Crippen LogP) is 2.95. The van der Waals surface area contributed by atoms with Crippen LogP contribution in [0.5, 0.6) is 0 Å². The normalized spacial score (nSPS) is 12.6. The van der Waals surface area contributed by atoms with Crippen molar-refractivity contribution < 1.29 is 19.2 Å². The molecule has 2 rings (SSSR count). The highest BCUT2D eigenvalue weighted by Crippen LogP contribution is 2.22. The summed E-state index contributed by atoms with van der Waals surface area (Å²) >= 11 is 0. The number of hydrogen-bond acceptors (Lipinski definition) is 4. The van der Waals surface area contributed by atoms with Crippen LogP contribution in [-0.2, 0) is 16.6 Å². The van der Waals surface area contributed by atoms with Crippen molar-refractivity contribution in [2.75, 3.05) is 6.54 Å². The van der Waals surface area contributed by atoms with E-state index in [1.807, 2.05) is 52.0 Å². The lowest BCUT2D eigenvalue weighted by atomic mass is 9.93. The van der Waals surface area contributed by atoms with Crippen LogP contribution in [-0.4, -0.2) is 28.7 Å². The van der Waals surface area contributed by atoms with E-state index < -0.39 is 17.8 Å². The van der Waals surface area contributed by atoms with Gasteiger partial charge in [-0.15, -0.1) is 0 Å². The van der Waals surface area contributed by atoms with Crippen LogP contribution in [0.25, 0.3) is 0 Å². The molecule has 25 heavy (non-hydrogen) atoms. The molecule has 6 heteroatoms. The van der Waals surface area contributed by atoms with Crippen LogP contribution in [0, 0.1) is 12.8 Å². The number of benzene rings is 1. The smallest absolute Gasteiger partial charge is 0.308 e. The Morgan fingerprint density at radius 2 is 2.00 bits per heavy atom. The number of nitrogens with one attached hydrogen (secondary N) is 1. The fourth-order valence-electron chi connectivity index (χ4n) is 2.41. The van der Waals surface area contributed by atoms with Crippen LogP contribution in [0.3, 0.4) is 0 Å². The van der Waals surface area contributed by atoms with Gasteiger partial charge in [-0.25, -0.2) is 0 Å². The Balaban J connectivity index is 2.00. The summed E-state index contributed by atoms with van der Waals surface area (Å²) in [5.41, 5.74) is 1.91. The topological polar surface area (TPSA) is 92.4 Å². The number of carboxylic acids is 1. The Hall–Kier alpha value is -2.63. The minimum absolute atomic E-state index is 0.0276. The summed E-state index contributed by atoms with van der Waals surface area (Å²) in [6, 6.07) is 9.28. The molecule has 0 saturated carbocycles. The van der Waals surface area contributed by atoms with E-state index >= 15 is 0 Å². The van der Waals surface area contributed by atoms with Gasteiger partial charge >= 0.3 is 5.97 Å². The standard InChI is InChI=1S/C19H24N2O4/c1-12-6-5-7-13(8-12)9-14(18(23)24)11-20-17(22)15-10-16(25-21-15)19(2,3)4/h5-8,10,14H,9,11H2,1-4H3,(H,20,22)(H,23,24). The Morgan fingerprint density at radius 3 is 2.56 bits per heavy atom. The third-order valence-corrected chi connectivity index (χ3v) is 3.90. The van der Waals surface area contributed by atoms with Crippen molar-refractivity contribution in [3.8, 4) is 0 Å². The van der Waals surface area contributed by atoms with Crippen molar-refractivity contribution in [3.05, 3.63) is 52.9 Å². The van der Waals surface area contributed by atoms with Crippen LogP contribution >= 0.6 is 0 Å². The maximum absolute atomic E-state index is 12.2. The molecule has 0 radical (unpaired) electrons. The Kier molecular flexibility index (Phi) is 5.62. The van der Waals surface area contributed by atoms with Gasteiger partial charge in [-0.3, -0.25) is 9.59 Å². The van der Waals surface area contributed by atoms with Crippen molar-refractivity contribution in [3.63, 3.8) is 0 Å². The molecule has 0 spiro atoms. The number of amides is 1. The van der Waals surface area contributed by atoms with Gasteiger partial charge in [-0.1, -0.05) is 55.8 Å². The van der Waals surface area contributed by atoms with Crippen LogP contribution < -0.4 is 5.32 Å². The number of aryl methyl sites for hydroxylation is 1. The average molecular weight is 344 g/mol. The third-order valence-electron chi connectivity index (χ3n) is 3.90. The summed E-state index contributed by atoms with van der Waals surface area (Å²) < 4.78 is 5.19. The first-order chi connectivity index (χ1) is 11.7. The van der Waals surface area contributed by atoms with Gasteiger partial charge in [0, 0.05) is 18.0 Å². The lowest BCUT2D eigenvalue weighted by molar-refractivity contribution is -0.141. The molecule has 1 aromatic carbocycles. The molecule has 1 unspecified atom stereocenters. The maximum Gasteiger partial charge on any atom is 0.308 e. The SMILES string of the molecule is Cc1cccc(CC(CNC(=O)c2cc(C(C)(C)C)on2)C(=O)O)c1. The third kappa shape index (κ3) is 5.17. The highest BCUT2D eigenvalue weighted by Gasteiger charge is 2.24. The van der Waals surface area contributed by atoms with Crippen molar-refractivity contribution in [2.24, 2.45) is 5.92 Å². The van der Waals surface area contributed by atoms with Gasteiger partial charge < -0.3 is 14.9 Å². The Morgan fingerprint density at radius 1 is 1.28 bits per heavy atom. The lowest BCUT2D eigenvalue weighted by Crippen LogP contribution is -2.34. The van der Waals surface area contributed by atoms with Gasteiger partial charge in [-0.05, 0) is 18.9 Å². The number of aromatic nitrogens is 1. The molecule has 0 aliphatic heterocycles. The number of nitrogens with zero attached hydrogens (tertiary/aromatic N) is 1. The predicted molar refractivity (Wildman–Crippen MR) is 93.5 cm³/mol. The summed E-state index contributed by atoms with van der Waals surface area (Å²) in [6.45, 7) is 7.85. The molecular formula is C19H24N2O4. The van der Waals surface area contributed by atoms with Gasteiger partial charge in [-0.2, -0.15) is 0 Å². The minimum Gasteiger partial charge on any atom is -0.481 e. The van der Waals surface area contributed by atoms with Gasteiger partial charge in [0.25, 0.3) is 5.91 Å². The second kappa shape index (κ2) is 7.51. The number of carbonyl (C=O) groups is 2. The van der Waals surface area contributed by atoms with E-state index in [0.717, 1.165) is 11.1 Å². The Bertz CT molecular complexity index is 759. The zero-order valence-electron chi connectivity index (χ0n) is 15.0. The zero-order chi connectivity index (χ0) is 18.6. The molecule has 0 saturated heterocycles. The van der Waals surface area contributed by atoms with E-state index in [9.17, 15) is 14.7 Å². The summed E-state index contributed by atoms with van der Waals surface area (Å²) in [6.07, 6.45) is 0.351. The minimum atomic E-state index is -0.947.